The van der Waals surface area contributed by atoms with E-state index in [1.54, 1.807) is 6.07 Å². The van der Waals surface area contributed by atoms with Gasteiger partial charge in [0.05, 0.1) is 34.8 Å². The predicted octanol–water partition coefficient (Wildman–Crippen LogP) is 4.31. The molecule has 10 heteroatoms. The first-order valence-electron chi connectivity index (χ1n) is 12.2. The Bertz CT molecular complexity index is 1190. The molecule has 1 atom stereocenters. The molecule has 0 bridgehead atoms. The third-order valence-electron chi connectivity index (χ3n) is 6.47. The van der Waals surface area contributed by atoms with Gasteiger partial charge in [0, 0.05) is 25.7 Å². The van der Waals surface area contributed by atoms with Crippen LogP contribution in [0.5, 0.6) is 5.75 Å². The van der Waals surface area contributed by atoms with Crippen molar-refractivity contribution in [3.8, 4) is 5.75 Å². The number of fused-ring (bicyclic) bond motifs is 1. The highest BCUT2D eigenvalue weighted by atomic mass is 32.1. The van der Waals surface area contributed by atoms with Crippen molar-refractivity contribution in [1.29, 1.82) is 0 Å². The van der Waals surface area contributed by atoms with Crippen molar-refractivity contribution in [3.05, 3.63) is 40.8 Å². The molecule has 8 nitrogen and oxygen atoms in total. The summed E-state index contributed by atoms with van der Waals surface area (Å²) in [6.07, 6.45) is 6.91. The molecule has 1 unspecified atom stereocenters. The number of carbonyl (C=O) groups is 1. The first kappa shape index (κ1) is 23.9. The molecule has 1 amide bonds. The number of aromatic nitrogens is 2. The van der Waals surface area contributed by atoms with Crippen LogP contribution in [0, 0.1) is 12.7 Å². The van der Waals surface area contributed by atoms with E-state index in [1.165, 1.54) is 36.2 Å². The Hall–Kier alpha value is -2.82. The number of carbonyl (C=O) groups excluding carboxylic acids is 1. The maximum atomic E-state index is 14.1. The topological polar surface area (TPSA) is 97.4 Å². The summed E-state index contributed by atoms with van der Waals surface area (Å²) >= 11 is 1.33. The second kappa shape index (κ2) is 10.8. The number of anilines is 2. The number of halogens is 1. The zero-order chi connectivity index (χ0) is 24.2. The van der Waals surface area contributed by atoms with E-state index in [4.69, 9.17) is 9.47 Å². The quantitative estimate of drug-likeness (QED) is 0.446. The second-order valence-corrected chi connectivity index (χ2v) is 10.0. The first-order chi connectivity index (χ1) is 17.1. The average Bonchev–Trinajstić information content (AvgIpc) is 3.23. The van der Waals surface area contributed by atoms with E-state index in [9.17, 15) is 9.18 Å². The summed E-state index contributed by atoms with van der Waals surface area (Å²) in [5.41, 5.74) is 1.43. The molecule has 0 spiro atoms. The number of morpholine rings is 1. The molecule has 3 N–H and O–H groups in total. The number of benzene rings is 1. The minimum absolute atomic E-state index is 0.0412. The number of rotatable bonds is 7. The van der Waals surface area contributed by atoms with Gasteiger partial charge in [-0.2, -0.15) is 0 Å². The number of amides is 1. The van der Waals surface area contributed by atoms with Gasteiger partial charge in [-0.05, 0) is 50.3 Å². The van der Waals surface area contributed by atoms with Crippen LogP contribution in [0.3, 0.4) is 0 Å². The molecule has 1 aliphatic carbocycles. The lowest BCUT2D eigenvalue weighted by Crippen LogP contribution is -2.45. The molecule has 1 saturated heterocycles. The van der Waals surface area contributed by atoms with Crippen LogP contribution in [-0.4, -0.2) is 54.3 Å². The van der Waals surface area contributed by atoms with Crippen molar-refractivity contribution in [2.45, 2.75) is 51.2 Å². The van der Waals surface area contributed by atoms with Gasteiger partial charge in [-0.15, -0.1) is 11.3 Å². The van der Waals surface area contributed by atoms with Crippen LogP contribution >= 0.6 is 11.3 Å². The summed E-state index contributed by atoms with van der Waals surface area (Å²) in [6, 6.07) is 4.47. The zero-order valence-corrected chi connectivity index (χ0v) is 20.5. The summed E-state index contributed by atoms with van der Waals surface area (Å²) in [5, 5.41) is 10.3. The lowest BCUT2D eigenvalue weighted by Gasteiger charge is -2.24. The number of nitrogens with one attached hydrogen (secondary N) is 3. The van der Waals surface area contributed by atoms with E-state index in [0.717, 1.165) is 43.2 Å². The van der Waals surface area contributed by atoms with Crippen LogP contribution in [0.2, 0.25) is 0 Å². The molecule has 3 aromatic rings. The first-order valence-corrected chi connectivity index (χ1v) is 13.0. The van der Waals surface area contributed by atoms with Crippen molar-refractivity contribution in [1.82, 2.24) is 20.6 Å². The van der Waals surface area contributed by atoms with Gasteiger partial charge in [0.2, 0.25) is 0 Å². The number of ether oxygens (including phenoxy) is 2. The fourth-order valence-electron chi connectivity index (χ4n) is 4.61. The summed E-state index contributed by atoms with van der Waals surface area (Å²) in [4.78, 5) is 23.1. The maximum Gasteiger partial charge on any atom is 0.261 e. The van der Waals surface area contributed by atoms with Gasteiger partial charge in [0.1, 0.15) is 28.5 Å². The number of thiophene rings is 1. The van der Waals surface area contributed by atoms with Crippen molar-refractivity contribution >= 4 is 39.0 Å². The van der Waals surface area contributed by atoms with Crippen LogP contribution in [-0.2, 0) is 4.74 Å². The van der Waals surface area contributed by atoms with Crippen LogP contribution in [0.1, 0.15) is 47.3 Å². The Labute approximate surface area is 207 Å². The molecule has 1 aromatic carbocycles. The molecule has 186 valence electrons. The Balaban J connectivity index is 1.37. The fraction of sp³-hybridized carbons (Fsp3) is 0.480. The second-order valence-electron chi connectivity index (χ2n) is 9.01. The zero-order valence-electron chi connectivity index (χ0n) is 19.7. The van der Waals surface area contributed by atoms with E-state index in [1.807, 2.05) is 6.92 Å². The minimum Gasteiger partial charge on any atom is -0.488 e. The molecular formula is C25H30FN5O3S. The van der Waals surface area contributed by atoms with Gasteiger partial charge in [-0.25, -0.2) is 14.4 Å². The molecular weight excluding hydrogens is 469 g/mol. The highest BCUT2D eigenvalue weighted by molar-refractivity contribution is 7.20. The molecule has 2 fully saturated rings. The average molecular weight is 500 g/mol. The molecule has 1 saturated carbocycles. The standard InChI is InChI=1S/C25H30FN5O3S/c1-15-21-23(31-19-8-7-16(26)11-20(19)34-17-5-3-2-4-6-17)29-14-30-25(21)35-22(15)24(32)28-13-18-12-27-9-10-33-18/h7-8,11,14,17-18,27H,2-6,9-10,12-13H2,1H3,(H,28,32)(H,29,30,31). The number of hydrogen-bond donors (Lipinski definition) is 3. The Morgan fingerprint density at radius 1 is 1.29 bits per heavy atom. The molecule has 0 radical (unpaired) electrons. The SMILES string of the molecule is Cc1c(C(=O)NCC2CNCCO2)sc2ncnc(Nc3ccc(F)cc3OC3CCCCC3)c12. The van der Waals surface area contributed by atoms with Crippen LogP contribution in [0.15, 0.2) is 24.5 Å². The largest absolute Gasteiger partial charge is 0.488 e. The van der Waals surface area contributed by atoms with Crippen molar-refractivity contribution in [2.24, 2.45) is 0 Å². The van der Waals surface area contributed by atoms with Gasteiger partial charge >= 0.3 is 0 Å². The van der Waals surface area contributed by atoms with E-state index in [2.05, 4.69) is 25.9 Å². The number of aryl methyl sites for hydroxylation is 1. The van der Waals surface area contributed by atoms with Gasteiger partial charge < -0.3 is 25.4 Å². The predicted molar refractivity (Wildman–Crippen MR) is 134 cm³/mol. The van der Waals surface area contributed by atoms with Crippen molar-refractivity contribution in [2.75, 3.05) is 31.6 Å². The molecule has 2 aliphatic rings. The lowest BCUT2D eigenvalue weighted by atomic mass is 9.98. The third kappa shape index (κ3) is 5.55. The van der Waals surface area contributed by atoms with E-state index in [-0.39, 0.29) is 23.9 Å². The van der Waals surface area contributed by atoms with Gasteiger partial charge in [-0.3, -0.25) is 4.79 Å². The molecule has 35 heavy (non-hydrogen) atoms. The monoisotopic (exact) mass is 499 g/mol. The van der Waals surface area contributed by atoms with Crippen LogP contribution in [0.4, 0.5) is 15.9 Å². The summed E-state index contributed by atoms with van der Waals surface area (Å²) in [6.45, 7) is 4.52. The smallest absolute Gasteiger partial charge is 0.261 e. The molecule has 5 rings (SSSR count). The lowest BCUT2D eigenvalue weighted by molar-refractivity contribution is 0.0287. The van der Waals surface area contributed by atoms with Gasteiger partial charge in [0.15, 0.2) is 0 Å². The molecule has 3 heterocycles. The highest BCUT2D eigenvalue weighted by Gasteiger charge is 2.22. The summed E-state index contributed by atoms with van der Waals surface area (Å²) in [7, 11) is 0. The Kier molecular flexibility index (Phi) is 7.40. The third-order valence-corrected chi connectivity index (χ3v) is 7.67. The molecule has 1 aliphatic heterocycles. The van der Waals surface area contributed by atoms with Crippen molar-refractivity contribution in [3.63, 3.8) is 0 Å². The van der Waals surface area contributed by atoms with E-state index in [0.29, 0.717) is 46.7 Å². The maximum absolute atomic E-state index is 14.1. The normalized spacial score (nSPS) is 19.0. The summed E-state index contributed by atoms with van der Waals surface area (Å²) < 4.78 is 25.9. The fourth-order valence-corrected chi connectivity index (χ4v) is 5.67. The Morgan fingerprint density at radius 3 is 2.94 bits per heavy atom. The van der Waals surface area contributed by atoms with E-state index >= 15 is 0 Å². The Morgan fingerprint density at radius 2 is 2.14 bits per heavy atom. The highest BCUT2D eigenvalue weighted by Crippen LogP contribution is 2.37. The van der Waals surface area contributed by atoms with Gasteiger partial charge in [0.25, 0.3) is 5.91 Å². The number of hydrogen-bond acceptors (Lipinski definition) is 8. The van der Waals surface area contributed by atoms with E-state index < -0.39 is 0 Å². The minimum atomic E-state index is -0.350. The van der Waals surface area contributed by atoms with Crippen molar-refractivity contribution < 1.29 is 18.7 Å². The number of nitrogens with zero attached hydrogens (tertiary/aromatic N) is 2. The molecule has 2 aromatic heterocycles. The van der Waals surface area contributed by atoms with Gasteiger partial charge in [-0.1, -0.05) is 6.42 Å². The van der Waals surface area contributed by atoms with Crippen LogP contribution in [0.25, 0.3) is 10.2 Å². The van der Waals surface area contributed by atoms with Crippen LogP contribution < -0.4 is 20.7 Å². The summed E-state index contributed by atoms with van der Waals surface area (Å²) in [5.74, 6) is 0.518.